The van der Waals surface area contributed by atoms with Crippen LogP contribution in [-0.4, -0.2) is 93.1 Å². The van der Waals surface area contributed by atoms with Crippen molar-refractivity contribution in [1.29, 1.82) is 0 Å². The van der Waals surface area contributed by atoms with E-state index in [1.807, 2.05) is 36.4 Å². The third-order valence-corrected chi connectivity index (χ3v) is 8.04. The minimum absolute atomic E-state index is 0.00657. The number of benzene rings is 3. The molecule has 2 N–H and O–H groups in total. The summed E-state index contributed by atoms with van der Waals surface area (Å²) >= 11 is 0. The van der Waals surface area contributed by atoms with Gasteiger partial charge in [0.05, 0.1) is 57.4 Å². The molecular formula is C34H41FN2O8. The summed E-state index contributed by atoms with van der Waals surface area (Å²) in [6.45, 7) is 4.25. The van der Waals surface area contributed by atoms with Crippen LogP contribution in [-0.2, 0) is 27.4 Å². The third kappa shape index (κ3) is 8.85. The Balaban J connectivity index is 1.20. The SMILES string of the molecule is COCCCN1CCOc2ccc(COC3CN(C(=O)O)CC(O)C3c3ccc(OCCOCc4cccc(F)c4)cc3)cc21. The van der Waals surface area contributed by atoms with Crippen molar-refractivity contribution >= 4 is 11.8 Å². The number of β-amino-alcohol motifs (C(OH)–C–C–N with tert-alkyl or cyclic N) is 1. The fourth-order valence-corrected chi connectivity index (χ4v) is 5.81. The molecule has 11 heteroatoms. The Bertz CT molecular complexity index is 1390. The second-order valence-electron chi connectivity index (χ2n) is 11.2. The molecule has 0 aromatic heterocycles. The minimum atomic E-state index is -1.10. The number of rotatable bonds is 14. The van der Waals surface area contributed by atoms with E-state index < -0.39 is 24.2 Å². The van der Waals surface area contributed by atoms with Crippen LogP contribution in [0, 0.1) is 5.82 Å². The van der Waals surface area contributed by atoms with Crippen molar-refractivity contribution < 1.29 is 43.1 Å². The van der Waals surface area contributed by atoms with Crippen molar-refractivity contribution in [2.75, 3.05) is 64.6 Å². The highest BCUT2D eigenvalue weighted by Gasteiger charge is 2.39. The van der Waals surface area contributed by atoms with E-state index >= 15 is 0 Å². The first-order valence-corrected chi connectivity index (χ1v) is 15.2. The van der Waals surface area contributed by atoms with Gasteiger partial charge in [-0.05, 0) is 59.5 Å². The minimum Gasteiger partial charge on any atom is -0.491 e. The van der Waals surface area contributed by atoms with E-state index in [1.54, 1.807) is 19.2 Å². The summed E-state index contributed by atoms with van der Waals surface area (Å²) in [6, 6.07) is 19.6. The van der Waals surface area contributed by atoms with Gasteiger partial charge in [-0.3, -0.25) is 0 Å². The van der Waals surface area contributed by atoms with Crippen LogP contribution in [0.1, 0.15) is 29.0 Å². The molecule has 0 saturated carbocycles. The first-order chi connectivity index (χ1) is 21.9. The highest BCUT2D eigenvalue weighted by Crippen LogP contribution is 2.35. The van der Waals surface area contributed by atoms with Crippen molar-refractivity contribution in [2.45, 2.75) is 37.8 Å². The van der Waals surface area contributed by atoms with E-state index in [0.29, 0.717) is 38.8 Å². The van der Waals surface area contributed by atoms with Crippen molar-refractivity contribution in [1.82, 2.24) is 4.90 Å². The lowest BCUT2D eigenvalue weighted by Gasteiger charge is -2.40. The number of carbonyl (C=O) groups is 1. The lowest BCUT2D eigenvalue weighted by Crippen LogP contribution is -2.53. The topological polar surface area (TPSA) is 110 Å². The second-order valence-corrected chi connectivity index (χ2v) is 11.2. The molecule has 1 amide bonds. The van der Waals surface area contributed by atoms with Crippen LogP contribution in [0.25, 0.3) is 0 Å². The fraction of sp³-hybridized carbons (Fsp3) is 0.441. The fourth-order valence-electron chi connectivity index (χ4n) is 5.81. The average molecular weight is 625 g/mol. The maximum atomic E-state index is 13.3. The van der Waals surface area contributed by atoms with Gasteiger partial charge in [0, 0.05) is 26.2 Å². The van der Waals surface area contributed by atoms with Gasteiger partial charge in [0.15, 0.2) is 0 Å². The molecule has 0 radical (unpaired) electrons. The summed E-state index contributed by atoms with van der Waals surface area (Å²) in [7, 11) is 1.70. The molecule has 3 unspecified atom stereocenters. The van der Waals surface area contributed by atoms with Gasteiger partial charge in [-0.25, -0.2) is 9.18 Å². The summed E-state index contributed by atoms with van der Waals surface area (Å²) in [5.41, 5.74) is 3.51. The molecule has 242 valence electrons. The smallest absolute Gasteiger partial charge is 0.407 e. The molecule has 0 spiro atoms. The van der Waals surface area contributed by atoms with Gasteiger partial charge >= 0.3 is 6.09 Å². The molecular weight excluding hydrogens is 583 g/mol. The molecule has 3 aromatic rings. The van der Waals surface area contributed by atoms with Gasteiger partial charge in [0.25, 0.3) is 0 Å². The zero-order valence-corrected chi connectivity index (χ0v) is 25.5. The average Bonchev–Trinajstić information content (AvgIpc) is 3.04. The van der Waals surface area contributed by atoms with Crippen molar-refractivity contribution in [3.63, 3.8) is 0 Å². The number of methoxy groups -OCH3 is 1. The van der Waals surface area contributed by atoms with Crippen LogP contribution in [0.5, 0.6) is 11.5 Å². The van der Waals surface area contributed by atoms with E-state index in [1.165, 1.54) is 17.0 Å². The Morgan fingerprint density at radius 3 is 2.60 bits per heavy atom. The van der Waals surface area contributed by atoms with Crippen LogP contribution >= 0.6 is 0 Å². The number of aliphatic hydroxyl groups is 1. The lowest BCUT2D eigenvalue weighted by atomic mass is 9.84. The number of amides is 1. The first kappa shape index (κ1) is 32.5. The van der Waals surface area contributed by atoms with Crippen molar-refractivity contribution in [3.05, 3.63) is 89.2 Å². The van der Waals surface area contributed by atoms with Crippen LogP contribution in [0.15, 0.2) is 66.7 Å². The maximum Gasteiger partial charge on any atom is 0.407 e. The zero-order chi connectivity index (χ0) is 31.6. The van der Waals surface area contributed by atoms with Crippen LogP contribution in [0.4, 0.5) is 14.9 Å². The quantitative estimate of drug-likeness (QED) is 0.247. The summed E-state index contributed by atoms with van der Waals surface area (Å²) in [6.07, 6.45) is -1.71. The molecule has 10 nitrogen and oxygen atoms in total. The number of carboxylic acid groups (broad SMARTS) is 1. The van der Waals surface area contributed by atoms with Crippen LogP contribution < -0.4 is 14.4 Å². The number of likely N-dealkylation sites (tertiary alicyclic amines) is 1. The molecule has 45 heavy (non-hydrogen) atoms. The molecule has 0 aliphatic carbocycles. The van der Waals surface area contributed by atoms with E-state index in [9.17, 15) is 19.4 Å². The van der Waals surface area contributed by atoms with Crippen molar-refractivity contribution in [3.8, 4) is 11.5 Å². The normalized spacial score (nSPS) is 19.6. The third-order valence-electron chi connectivity index (χ3n) is 8.04. The summed E-state index contributed by atoms with van der Waals surface area (Å²) in [5, 5.41) is 20.8. The Hall–Kier alpha value is -3.90. The van der Waals surface area contributed by atoms with Gasteiger partial charge < -0.3 is 43.7 Å². The van der Waals surface area contributed by atoms with E-state index in [2.05, 4.69) is 11.0 Å². The molecule has 1 saturated heterocycles. The second kappa shape index (κ2) is 15.9. The number of hydrogen-bond acceptors (Lipinski definition) is 8. The standard InChI is InChI=1S/C34H41FN2O8/c1-41-14-3-12-36-13-15-44-31-11-6-25(19-29(31)36)23-45-32-21-37(34(39)40)20-30(38)33(32)26-7-9-28(10-8-26)43-17-16-42-22-24-4-2-5-27(35)18-24/h2,4-11,18-19,30,32-33,38H,3,12-17,20-23H2,1H3,(H,39,40). The Labute approximate surface area is 262 Å². The largest absolute Gasteiger partial charge is 0.491 e. The van der Waals surface area contributed by atoms with E-state index in [4.69, 9.17) is 23.7 Å². The summed E-state index contributed by atoms with van der Waals surface area (Å²) in [5.74, 6) is 0.726. The molecule has 1 fully saturated rings. The van der Waals surface area contributed by atoms with Gasteiger partial charge in [-0.1, -0.05) is 30.3 Å². The predicted octanol–water partition coefficient (Wildman–Crippen LogP) is 4.68. The number of anilines is 1. The maximum absolute atomic E-state index is 13.3. The van der Waals surface area contributed by atoms with Gasteiger partial charge in [-0.15, -0.1) is 0 Å². The van der Waals surface area contributed by atoms with Gasteiger partial charge in [-0.2, -0.15) is 0 Å². The number of piperidine rings is 1. The van der Waals surface area contributed by atoms with Crippen molar-refractivity contribution in [2.24, 2.45) is 0 Å². The van der Waals surface area contributed by atoms with E-state index in [0.717, 1.165) is 47.6 Å². The number of aliphatic hydroxyl groups excluding tert-OH is 1. The first-order valence-electron chi connectivity index (χ1n) is 15.2. The molecule has 2 aliphatic heterocycles. The predicted molar refractivity (Wildman–Crippen MR) is 166 cm³/mol. The lowest BCUT2D eigenvalue weighted by molar-refractivity contribution is -0.0660. The molecule has 2 heterocycles. The highest BCUT2D eigenvalue weighted by atomic mass is 19.1. The van der Waals surface area contributed by atoms with Gasteiger partial charge in [0.1, 0.15) is 30.5 Å². The van der Waals surface area contributed by atoms with Gasteiger partial charge in [0.2, 0.25) is 0 Å². The molecule has 0 bridgehead atoms. The summed E-state index contributed by atoms with van der Waals surface area (Å²) in [4.78, 5) is 15.3. The van der Waals surface area contributed by atoms with Crippen LogP contribution in [0.2, 0.25) is 0 Å². The Morgan fingerprint density at radius 2 is 1.82 bits per heavy atom. The number of ether oxygens (including phenoxy) is 5. The number of hydrogen-bond donors (Lipinski definition) is 2. The van der Waals surface area contributed by atoms with Crippen LogP contribution in [0.3, 0.4) is 0 Å². The molecule has 2 aliphatic rings. The summed E-state index contributed by atoms with van der Waals surface area (Å²) < 4.78 is 42.2. The Morgan fingerprint density at radius 1 is 1.00 bits per heavy atom. The number of halogens is 1. The zero-order valence-electron chi connectivity index (χ0n) is 25.5. The highest BCUT2D eigenvalue weighted by molar-refractivity contribution is 5.65. The molecule has 3 aromatic carbocycles. The Kier molecular flexibility index (Phi) is 11.5. The monoisotopic (exact) mass is 624 g/mol. The van der Waals surface area contributed by atoms with E-state index in [-0.39, 0.29) is 25.5 Å². The number of nitrogens with zero attached hydrogens (tertiary/aromatic N) is 2. The molecule has 3 atom stereocenters. The number of fused-ring (bicyclic) bond motifs is 1. The molecule has 5 rings (SSSR count).